The quantitative estimate of drug-likeness (QED) is 0.668. The Morgan fingerprint density at radius 1 is 1.23 bits per heavy atom. The molecular weight excluding hydrogens is 418 g/mol. The van der Waals surface area contributed by atoms with Crippen LogP contribution < -0.4 is 19.7 Å². The maximum absolute atomic E-state index is 14.6. The third-order valence-electron chi connectivity index (χ3n) is 4.77. The van der Waals surface area contributed by atoms with Crippen LogP contribution in [0.25, 0.3) is 0 Å². The number of pyridine rings is 1. The number of ether oxygens (including phenoxy) is 3. The summed E-state index contributed by atoms with van der Waals surface area (Å²) in [4.78, 5) is 4.41. The van der Waals surface area contributed by atoms with Crippen LogP contribution in [0.15, 0.2) is 29.4 Å². The summed E-state index contributed by atoms with van der Waals surface area (Å²) in [5.74, 6) is -1.67. The lowest BCUT2D eigenvalue weighted by molar-refractivity contribution is -0.138. The van der Waals surface area contributed by atoms with E-state index in [1.165, 1.54) is 26.3 Å². The molecule has 1 aromatic heterocycles. The number of alkyl halides is 5. The van der Waals surface area contributed by atoms with Gasteiger partial charge >= 0.3 is 12.8 Å². The minimum atomic E-state index is -4.77. The highest BCUT2D eigenvalue weighted by molar-refractivity contribution is 5.47. The standard InChI is InChI=1S/C19H18F6N2O3/c1-18(6-7-29-15-11(18)4-5-12(28-3)14(15)20)26-16-13(30-17(21)22)8-10(9-27(16)2)19(23,24)25/h4-5,8-9,17H,6-7H2,1-3H3/t18-/m0/s1. The van der Waals surface area contributed by atoms with Crippen molar-refractivity contribution in [3.05, 3.63) is 46.8 Å². The van der Waals surface area contributed by atoms with Gasteiger partial charge in [0, 0.05) is 25.2 Å². The summed E-state index contributed by atoms with van der Waals surface area (Å²) in [5, 5.41) is 0. The van der Waals surface area contributed by atoms with Gasteiger partial charge in [-0.25, -0.2) is 0 Å². The molecule has 164 valence electrons. The lowest BCUT2D eigenvalue weighted by atomic mass is 9.86. The molecule has 1 aliphatic rings. The van der Waals surface area contributed by atoms with E-state index in [4.69, 9.17) is 9.47 Å². The SMILES string of the molecule is COc1ccc2c(c1F)OCC[C@]2(C)N=c1c(OC(F)F)cc(C(F)(F)F)cn1C. The summed E-state index contributed by atoms with van der Waals surface area (Å²) < 4.78 is 95.3. The predicted molar refractivity (Wildman–Crippen MR) is 93.0 cm³/mol. The summed E-state index contributed by atoms with van der Waals surface area (Å²) in [6.45, 7) is -1.71. The number of benzene rings is 1. The van der Waals surface area contributed by atoms with Crippen LogP contribution in [0.4, 0.5) is 26.3 Å². The lowest BCUT2D eigenvalue weighted by Gasteiger charge is -2.33. The van der Waals surface area contributed by atoms with Crippen molar-refractivity contribution in [1.82, 2.24) is 4.57 Å². The van der Waals surface area contributed by atoms with Crippen LogP contribution in [0.1, 0.15) is 24.5 Å². The van der Waals surface area contributed by atoms with E-state index in [9.17, 15) is 26.3 Å². The molecule has 30 heavy (non-hydrogen) atoms. The van der Waals surface area contributed by atoms with Crippen LogP contribution in [0.3, 0.4) is 0 Å². The average molecular weight is 436 g/mol. The lowest BCUT2D eigenvalue weighted by Crippen LogP contribution is -2.34. The molecule has 1 atom stereocenters. The number of nitrogens with zero attached hydrogens (tertiary/aromatic N) is 2. The van der Waals surface area contributed by atoms with Gasteiger partial charge < -0.3 is 18.8 Å². The smallest absolute Gasteiger partial charge is 0.417 e. The van der Waals surface area contributed by atoms with Crippen molar-refractivity contribution >= 4 is 0 Å². The number of hydrogen-bond acceptors (Lipinski definition) is 4. The molecule has 0 amide bonds. The van der Waals surface area contributed by atoms with Crippen molar-refractivity contribution in [2.24, 2.45) is 12.0 Å². The fraction of sp³-hybridized carbons (Fsp3) is 0.421. The third kappa shape index (κ3) is 4.05. The van der Waals surface area contributed by atoms with E-state index < -0.39 is 35.5 Å². The fourth-order valence-corrected chi connectivity index (χ4v) is 3.26. The fourth-order valence-electron chi connectivity index (χ4n) is 3.26. The van der Waals surface area contributed by atoms with Gasteiger partial charge in [-0.1, -0.05) is 0 Å². The van der Waals surface area contributed by atoms with Crippen LogP contribution in [-0.2, 0) is 18.8 Å². The van der Waals surface area contributed by atoms with E-state index >= 15 is 0 Å². The minimum absolute atomic E-state index is 0.0481. The number of fused-ring (bicyclic) bond motifs is 1. The van der Waals surface area contributed by atoms with Crippen LogP contribution in [-0.4, -0.2) is 24.9 Å². The molecule has 0 fully saturated rings. The first kappa shape index (κ1) is 21.8. The number of methoxy groups -OCH3 is 1. The third-order valence-corrected chi connectivity index (χ3v) is 4.77. The summed E-state index contributed by atoms with van der Waals surface area (Å²) in [7, 11) is 2.51. The normalized spacial score (nSPS) is 19.5. The molecule has 11 heteroatoms. The number of aromatic nitrogens is 1. The Morgan fingerprint density at radius 3 is 2.53 bits per heavy atom. The molecular formula is C19H18F6N2O3. The van der Waals surface area contributed by atoms with Crippen LogP contribution in [0, 0.1) is 5.82 Å². The molecule has 0 saturated heterocycles. The zero-order valence-corrected chi connectivity index (χ0v) is 16.2. The van der Waals surface area contributed by atoms with Gasteiger partial charge in [-0.15, -0.1) is 0 Å². The van der Waals surface area contributed by atoms with Crippen molar-refractivity contribution in [3.63, 3.8) is 0 Å². The van der Waals surface area contributed by atoms with Gasteiger partial charge in [-0.05, 0) is 25.1 Å². The Kier molecular flexibility index (Phi) is 5.66. The molecule has 0 bridgehead atoms. The Hall–Kier alpha value is -2.85. The first-order valence-corrected chi connectivity index (χ1v) is 8.74. The number of hydrogen-bond donors (Lipinski definition) is 0. The minimum Gasteiger partial charge on any atom is -0.494 e. The summed E-state index contributed by atoms with van der Waals surface area (Å²) in [5.41, 5.74) is -2.31. The van der Waals surface area contributed by atoms with Gasteiger partial charge in [0.05, 0.1) is 24.8 Å². The number of aryl methyl sites for hydroxylation is 1. The molecule has 2 heterocycles. The topological polar surface area (TPSA) is 45.0 Å². The monoisotopic (exact) mass is 436 g/mol. The van der Waals surface area contributed by atoms with Crippen molar-refractivity contribution in [1.29, 1.82) is 0 Å². The zero-order chi connectivity index (χ0) is 22.3. The molecule has 0 N–H and O–H groups in total. The Bertz CT molecular complexity index is 1020. The van der Waals surface area contributed by atoms with Crippen molar-refractivity contribution in [3.8, 4) is 17.2 Å². The van der Waals surface area contributed by atoms with Gasteiger partial charge in [-0.2, -0.15) is 26.3 Å². The van der Waals surface area contributed by atoms with E-state index in [1.54, 1.807) is 6.92 Å². The Balaban J connectivity index is 2.24. The van der Waals surface area contributed by atoms with Gasteiger partial charge in [0.1, 0.15) is 0 Å². The van der Waals surface area contributed by atoms with Gasteiger partial charge in [0.15, 0.2) is 22.7 Å². The molecule has 0 saturated carbocycles. The van der Waals surface area contributed by atoms with E-state index in [0.29, 0.717) is 11.6 Å². The Morgan fingerprint density at radius 2 is 1.93 bits per heavy atom. The van der Waals surface area contributed by atoms with E-state index in [0.717, 1.165) is 10.8 Å². The van der Waals surface area contributed by atoms with Crippen LogP contribution in [0.5, 0.6) is 17.2 Å². The predicted octanol–water partition coefficient (Wildman–Crippen LogP) is 4.39. The Labute approximate surface area is 167 Å². The summed E-state index contributed by atoms with van der Waals surface area (Å²) in [6, 6.07) is 3.33. The second kappa shape index (κ2) is 7.77. The molecule has 0 aliphatic carbocycles. The van der Waals surface area contributed by atoms with Crippen molar-refractivity contribution < 1.29 is 40.6 Å². The molecule has 0 unspecified atom stereocenters. The average Bonchev–Trinajstić information content (AvgIpc) is 2.64. The van der Waals surface area contributed by atoms with Crippen molar-refractivity contribution in [2.75, 3.05) is 13.7 Å². The highest BCUT2D eigenvalue weighted by Gasteiger charge is 2.37. The maximum atomic E-state index is 14.6. The molecule has 0 radical (unpaired) electrons. The van der Waals surface area contributed by atoms with Crippen LogP contribution in [0.2, 0.25) is 0 Å². The first-order valence-electron chi connectivity index (χ1n) is 8.74. The molecule has 5 nitrogen and oxygen atoms in total. The molecule has 0 spiro atoms. The largest absolute Gasteiger partial charge is 0.494 e. The zero-order valence-electron chi connectivity index (χ0n) is 16.2. The highest BCUT2D eigenvalue weighted by atomic mass is 19.4. The van der Waals surface area contributed by atoms with E-state index in [1.807, 2.05) is 0 Å². The second-order valence-corrected chi connectivity index (χ2v) is 6.85. The van der Waals surface area contributed by atoms with Crippen LogP contribution >= 0.6 is 0 Å². The van der Waals surface area contributed by atoms with Crippen molar-refractivity contribution in [2.45, 2.75) is 31.7 Å². The maximum Gasteiger partial charge on any atom is 0.417 e. The van der Waals surface area contributed by atoms with Gasteiger partial charge in [0.25, 0.3) is 0 Å². The van der Waals surface area contributed by atoms with Gasteiger partial charge in [-0.3, -0.25) is 4.99 Å². The number of rotatable bonds is 4. The highest BCUT2D eigenvalue weighted by Crippen LogP contribution is 2.43. The molecule has 1 aliphatic heterocycles. The summed E-state index contributed by atoms with van der Waals surface area (Å²) >= 11 is 0. The second-order valence-electron chi connectivity index (χ2n) is 6.85. The van der Waals surface area contributed by atoms with E-state index in [-0.39, 0.29) is 30.0 Å². The number of halogens is 6. The molecule has 2 aromatic rings. The van der Waals surface area contributed by atoms with Gasteiger partial charge in [0.2, 0.25) is 5.82 Å². The van der Waals surface area contributed by atoms with E-state index in [2.05, 4.69) is 9.73 Å². The summed E-state index contributed by atoms with van der Waals surface area (Å²) in [6.07, 6.45) is -3.83. The first-order chi connectivity index (χ1) is 14.0. The molecule has 1 aromatic carbocycles. The molecule has 3 rings (SSSR count).